The summed E-state index contributed by atoms with van der Waals surface area (Å²) < 4.78 is 13.8. The van der Waals surface area contributed by atoms with Crippen LogP contribution >= 0.6 is 0 Å². The van der Waals surface area contributed by atoms with Crippen molar-refractivity contribution in [2.24, 2.45) is 0 Å². The summed E-state index contributed by atoms with van der Waals surface area (Å²) in [7, 11) is 0. The summed E-state index contributed by atoms with van der Waals surface area (Å²) in [5.74, 6) is -0.673. The van der Waals surface area contributed by atoms with E-state index in [1.54, 1.807) is 19.1 Å². The summed E-state index contributed by atoms with van der Waals surface area (Å²) in [6.45, 7) is 7.72. The first-order valence-corrected chi connectivity index (χ1v) is 8.32. The first-order valence-electron chi connectivity index (χ1n) is 8.32. The Balaban J connectivity index is 1.97. The van der Waals surface area contributed by atoms with Gasteiger partial charge in [-0.2, -0.15) is 0 Å². The van der Waals surface area contributed by atoms with Crippen molar-refractivity contribution >= 4 is 11.6 Å². The molecule has 0 aliphatic carbocycles. The lowest BCUT2D eigenvalue weighted by Crippen LogP contribution is -2.39. The van der Waals surface area contributed by atoms with Gasteiger partial charge in [-0.1, -0.05) is 37.3 Å². The van der Waals surface area contributed by atoms with Crippen molar-refractivity contribution in [1.29, 1.82) is 0 Å². The van der Waals surface area contributed by atoms with Gasteiger partial charge in [-0.05, 0) is 56.0 Å². The van der Waals surface area contributed by atoms with Crippen LogP contribution in [0.2, 0.25) is 0 Å². The predicted molar refractivity (Wildman–Crippen MR) is 96.6 cm³/mol. The van der Waals surface area contributed by atoms with Gasteiger partial charge in [-0.25, -0.2) is 4.39 Å². The molecule has 2 atom stereocenters. The molecule has 0 bridgehead atoms. The van der Waals surface area contributed by atoms with Crippen LogP contribution in [-0.2, 0) is 11.2 Å². The number of halogens is 1. The van der Waals surface area contributed by atoms with Crippen molar-refractivity contribution in [1.82, 2.24) is 5.32 Å². The van der Waals surface area contributed by atoms with Crippen molar-refractivity contribution in [3.63, 3.8) is 0 Å². The number of aryl methyl sites for hydroxylation is 2. The van der Waals surface area contributed by atoms with Gasteiger partial charge in [-0.15, -0.1) is 0 Å². The Kier molecular flexibility index (Phi) is 6.10. The smallest absolute Gasteiger partial charge is 0.241 e. The van der Waals surface area contributed by atoms with Gasteiger partial charge in [0.25, 0.3) is 0 Å². The highest BCUT2D eigenvalue weighted by molar-refractivity contribution is 5.94. The normalized spacial score (nSPS) is 13.4. The van der Waals surface area contributed by atoms with Gasteiger partial charge in [0.15, 0.2) is 0 Å². The maximum Gasteiger partial charge on any atom is 0.241 e. The highest BCUT2D eigenvalue weighted by Gasteiger charge is 2.17. The maximum absolute atomic E-state index is 13.8. The molecule has 4 heteroatoms. The van der Waals surface area contributed by atoms with Crippen LogP contribution in [0.15, 0.2) is 42.5 Å². The third-order valence-electron chi connectivity index (χ3n) is 4.16. The zero-order chi connectivity index (χ0) is 17.7. The highest BCUT2D eigenvalue weighted by Crippen LogP contribution is 2.17. The second-order valence-electron chi connectivity index (χ2n) is 6.18. The van der Waals surface area contributed by atoms with Crippen LogP contribution in [0.1, 0.15) is 43.5 Å². The minimum atomic E-state index is -0.438. The summed E-state index contributed by atoms with van der Waals surface area (Å²) in [5, 5.41) is 5.89. The molecule has 2 rings (SSSR count). The molecule has 2 aromatic rings. The van der Waals surface area contributed by atoms with Gasteiger partial charge in [0.1, 0.15) is 5.82 Å². The second kappa shape index (κ2) is 8.06. The monoisotopic (exact) mass is 328 g/mol. The van der Waals surface area contributed by atoms with E-state index in [0.29, 0.717) is 0 Å². The fraction of sp³-hybridized carbons (Fsp3) is 0.350. The van der Waals surface area contributed by atoms with E-state index >= 15 is 0 Å². The summed E-state index contributed by atoms with van der Waals surface area (Å²) >= 11 is 0. The largest absolute Gasteiger partial charge is 0.322 e. The molecular weight excluding hydrogens is 303 g/mol. The lowest BCUT2D eigenvalue weighted by Gasteiger charge is -2.20. The van der Waals surface area contributed by atoms with Gasteiger partial charge in [0.05, 0.1) is 11.7 Å². The van der Waals surface area contributed by atoms with Crippen LogP contribution in [0.4, 0.5) is 10.1 Å². The average Bonchev–Trinajstić information content (AvgIpc) is 2.57. The van der Waals surface area contributed by atoms with Gasteiger partial charge in [0.2, 0.25) is 5.91 Å². The summed E-state index contributed by atoms with van der Waals surface area (Å²) in [5.41, 5.74) is 3.43. The van der Waals surface area contributed by atoms with Crippen LogP contribution in [0, 0.1) is 12.7 Å². The first-order chi connectivity index (χ1) is 11.4. The van der Waals surface area contributed by atoms with Crippen LogP contribution in [0.25, 0.3) is 0 Å². The van der Waals surface area contributed by atoms with E-state index in [1.165, 1.54) is 11.6 Å². The molecule has 1 amide bonds. The van der Waals surface area contributed by atoms with E-state index in [9.17, 15) is 9.18 Å². The SMILES string of the molecule is CCc1ccc(C(C)NC(C)C(=O)Nc2ccc(C)cc2F)cc1. The molecule has 0 aliphatic rings. The van der Waals surface area contributed by atoms with E-state index in [4.69, 9.17) is 0 Å². The van der Waals surface area contributed by atoms with Gasteiger partial charge >= 0.3 is 0 Å². The number of amides is 1. The molecular formula is C20H25FN2O. The number of benzene rings is 2. The minimum Gasteiger partial charge on any atom is -0.322 e. The second-order valence-corrected chi connectivity index (χ2v) is 6.18. The fourth-order valence-corrected chi connectivity index (χ4v) is 2.55. The Morgan fingerprint density at radius 2 is 1.79 bits per heavy atom. The number of nitrogens with one attached hydrogen (secondary N) is 2. The number of carbonyl (C=O) groups is 1. The number of anilines is 1. The predicted octanol–water partition coefficient (Wildman–Crippen LogP) is 4.37. The number of carbonyl (C=O) groups excluding carboxylic acids is 1. The molecule has 2 unspecified atom stereocenters. The molecule has 2 aromatic carbocycles. The zero-order valence-electron chi connectivity index (χ0n) is 14.7. The van der Waals surface area contributed by atoms with E-state index in [1.807, 2.05) is 13.8 Å². The molecule has 0 saturated carbocycles. The van der Waals surface area contributed by atoms with Crippen LogP contribution < -0.4 is 10.6 Å². The van der Waals surface area contributed by atoms with Crippen LogP contribution in [0.5, 0.6) is 0 Å². The lowest BCUT2D eigenvalue weighted by atomic mass is 10.0. The number of rotatable bonds is 6. The Labute approximate surface area is 143 Å². The molecule has 128 valence electrons. The van der Waals surface area contributed by atoms with Gasteiger partial charge < -0.3 is 5.32 Å². The Hall–Kier alpha value is -2.20. The standard InChI is InChI=1S/C20H25FN2O/c1-5-16-7-9-17(10-8-16)14(3)22-15(4)20(24)23-19-11-6-13(2)12-18(19)21/h6-12,14-15,22H,5H2,1-4H3,(H,23,24). The number of hydrogen-bond donors (Lipinski definition) is 2. The molecule has 24 heavy (non-hydrogen) atoms. The first kappa shape index (κ1) is 18.1. The fourth-order valence-electron chi connectivity index (χ4n) is 2.55. The maximum atomic E-state index is 13.8. The van der Waals surface area contributed by atoms with Crippen molar-refractivity contribution in [2.45, 2.75) is 46.2 Å². The van der Waals surface area contributed by atoms with Gasteiger partial charge in [-0.3, -0.25) is 10.1 Å². The van der Waals surface area contributed by atoms with Crippen molar-refractivity contribution in [2.75, 3.05) is 5.32 Å². The Morgan fingerprint density at radius 3 is 2.38 bits per heavy atom. The summed E-state index contributed by atoms with van der Waals surface area (Å²) in [6.07, 6.45) is 1.00. The molecule has 0 heterocycles. The molecule has 0 aromatic heterocycles. The molecule has 0 saturated heterocycles. The lowest BCUT2D eigenvalue weighted by molar-refractivity contribution is -0.118. The molecule has 0 fully saturated rings. The van der Waals surface area contributed by atoms with E-state index in [0.717, 1.165) is 17.5 Å². The molecule has 0 aliphatic heterocycles. The quantitative estimate of drug-likeness (QED) is 0.826. The molecule has 0 radical (unpaired) electrons. The Bertz CT molecular complexity index is 697. The molecule has 3 nitrogen and oxygen atoms in total. The molecule has 0 spiro atoms. The topological polar surface area (TPSA) is 41.1 Å². The Morgan fingerprint density at radius 1 is 1.12 bits per heavy atom. The van der Waals surface area contributed by atoms with Gasteiger partial charge in [0, 0.05) is 6.04 Å². The van der Waals surface area contributed by atoms with Crippen molar-refractivity contribution in [3.8, 4) is 0 Å². The zero-order valence-corrected chi connectivity index (χ0v) is 14.7. The van der Waals surface area contributed by atoms with E-state index < -0.39 is 11.9 Å². The van der Waals surface area contributed by atoms with Crippen molar-refractivity contribution < 1.29 is 9.18 Å². The third kappa shape index (κ3) is 4.65. The average molecular weight is 328 g/mol. The minimum absolute atomic E-state index is 0.0273. The summed E-state index contributed by atoms with van der Waals surface area (Å²) in [4.78, 5) is 12.3. The van der Waals surface area contributed by atoms with Crippen LogP contribution in [0.3, 0.4) is 0 Å². The third-order valence-corrected chi connectivity index (χ3v) is 4.16. The van der Waals surface area contributed by atoms with E-state index in [2.05, 4.69) is 41.8 Å². The number of hydrogen-bond acceptors (Lipinski definition) is 2. The summed E-state index contributed by atoms with van der Waals surface area (Å²) in [6, 6.07) is 12.7. The van der Waals surface area contributed by atoms with Crippen LogP contribution in [-0.4, -0.2) is 11.9 Å². The van der Waals surface area contributed by atoms with Crippen molar-refractivity contribution in [3.05, 3.63) is 65.0 Å². The highest BCUT2D eigenvalue weighted by atomic mass is 19.1. The molecule has 2 N–H and O–H groups in total. The van der Waals surface area contributed by atoms with E-state index in [-0.39, 0.29) is 17.6 Å².